The van der Waals surface area contributed by atoms with E-state index in [1.54, 1.807) is 0 Å². The van der Waals surface area contributed by atoms with Crippen LogP contribution in [0.15, 0.2) is 0 Å². The maximum Gasteiger partial charge on any atom is 0.401 e. The van der Waals surface area contributed by atoms with Gasteiger partial charge in [0.1, 0.15) is 5.54 Å². The predicted octanol–water partition coefficient (Wildman–Crippen LogP) is 1.27. The second-order valence-electron chi connectivity index (χ2n) is 4.50. The van der Waals surface area contributed by atoms with Crippen LogP contribution in [0, 0.1) is 11.3 Å². The molecule has 1 N–H and O–H groups in total. The van der Waals surface area contributed by atoms with Gasteiger partial charge in [0, 0.05) is 12.6 Å². The molecule has 0 aromatic rings. The van der Waals surface area contributed by atoms with E-state index >= 15 is 0 Å². The summed E-state index contributed by atoms with van der Waals surface area (Å²) in [5.41, 5.74) is -0.994. The fourth-order valence-corrected chi connectivity index (χ4v) is 2.77. The molecule has 2 saturated heterocycles. The van der Waals surface area contributed by atoms with Crippen molar-refractivity contribution in [3.63, 3.8) is 0 Å². The zero-order valence-corrected chi connectivity index (χ0v) is 8.85. The van der Waals surface area contributed by atoms with E-state index in [0.717, 1.165) is 25.9 Å². The molecular weight excluding hydrogens is 219 g/mol. The van der Waals surface area contributed by atoms with Crippen molar-refractivity contribution in [3.8, 4) is 6.07 Å². The highest BCUT2D eigenvalue weighted by Crippen LogP contribution is 2.36. The Morgan fingerprint density at radius 1 is 1.44 bits per heavy atom. The Balaban J connectivity index is 2.06. The summed E-state index contributed by atoms with van der Waals surface area (Å²) in [5, 5.41) is 11.6. The quantitative estimate of drug-likeness (QED) is 0.780. The minimum atomic E-state index is -4.25. The summed E-state index contributed by atoms with van der Waals surface area (Å²) in [4.78, 5) is 2.12. The number of nitrogens with zero attached hydrogens (tertiary/aromatic N) is 2. The molecule has 0 aliphatic carbocycles. The zero-order valence-electron chi connectivity index (χ0n) is 8.85. The number of fused-ring (bicyclic) bond motifs is 1. The minimum Gasteiger partial charge on any atom is -0.297 e. The van der Waals surface area contributed by atoms with Crippen molar-refractivity contribution in [1.82, 2.24) is 10.2 Å². The third kappa shape index (κ3) is 2.02. The first kappa shape index (κ1) is 11.7. The molecule has 2 rings (SSSR count). The van der Waals surface area contributed by atoms with Crippen LogP contribution in [0.1, 0.15) is 19.3 Å². The SMILES string of the molecule is N#CC1(NCC(F)(F)F)CCN2CCCC21. The Hall–Kier alpha value is -0.800. The number of alkyl halides is 3. The molecule has 16 heavy (non-hydrogen) atoms. The molecule has 2 unspecified atom stereocenters. The third-order valence-corrected chi connectivity index (χ3v) is 3.53. The molecule has 0 aromatic heterocycles. The van der Waals surface area contributed by atoms with Gasteiger partial charge >= 0.3 is 6.18 Å². The van der Waals surface area contributed by atoms with E-state index in [-0.39, 0.29) is 6.04 Å². The zero-order chi connectivity index (χ0) is 11.8. The second kappa shape index (κ2) is 3.90. The van der Waals surface area contributed by atoms with Crippen molar-refractivity contribution in [2.75, 3.05) is 19.6 Å². The number of nitriles is 1. The van der Waals surface area contributed by atoms with E-state index in [2.05, 4.69) is 16.3 Å². The van der Waals surface area contributed by atoms with Crippen LogP contribution in [0.2, 0.25) is 0 Å². The summed E-state index contributed by atoms with van der Waals surface area (Å²) in [6, 6.07) is 2.03. The van der Waals surface area contributed by atoms with Gasteiger partial charge in [0.05, 0.1) is 12.6 Å². The first-order chi connectivity index (χ1) is 7.47. The molecule has 2 heterocycles. The van der Waals surface area contributed by atoms with Crippen LogP contribution >= 0.6 is 0 Å². The molecule has 0 aromatic carbocycles. The van der Waals surface area contributed by atoms with Gasteiger partial charge in [0.15, 0.2) is 0 Å². The van der Waals surface area contributed by atoms with Gasteiger partial charge in [0.2, 0.25) is 0 Å². The molecule has 0 radical (unpaired) electrons. The van der Waals surface area contributed by atoms with Crippen LogP contribution in [-0.4, -0.2) is 42.3 Å². The molecule has 0 spiro atoms. The van der Waals surface area contributed by atoms with Gasteiger partial charge in [-0.25, -0.2) is 0 Å². The third-order valence-electron chi connectivity index (χ3n) is 3.53. The fraction of sp³-hybridized carbons (Fsp3) is 0.900. The smallest absolute Gasteiger partial charge is 0.297 e. The predicted molar refractivity (Wildman–Crippen MR) is 51.6 cm³/mol. The first-order valence-corrected chi connectivity index (χ1v) is 5.44. The fourth-order valence-electron chi connectivity index (χ4n) is 2.77. The Kier molecular flexibility index (Phi) is 2.84. The Bertz CT molecular complexity index is 309. The molecular formula is C10H14F3N3. The van der Waals surface area contributed by atoms with E-state index in [9.17, 15) is 13.2 Å². The number of hydrogen-bond acceptors (Lipinski definition) is 3. The number of nitrogens with one attached hydrogen (secondary N) is 1. The topological polar surface area (TPSA) is 39.1 Å². The summed E-state index contributed by atoms with van der Waals surface area (Å²) in [7, 11) is 0. The maximum atomic E-state index is 12.2. The van der Waals surface area contributed by atoms with E-state index in [4.69, 9.17) is 5.26 Å². The molecule has 2 fully saturated rings. The van der Waals surface area contributed by atoms with Crippen LogP contribution in [0.25, 0.3) is 0 Å². The highest BCUT2D eigenvalue weighted by molar-refractivity contribution is 5.20. The summed E-state index contributed by atoms with van der Waals surface area (Å²) in [6.07, 6.45) is -1.97. The molecule has 0 amide bonds. The van der Waals surface area contributed by atoms with Gasteiger partial charge < -0.3 is 0 Å². The molecule has 2 aliphatic heterocycles. The number of hydrogen-bond donors (Lipinski definition) is 1. The van der Waals surface area contributed by atoms with Crippen molar-refractivity contribution in [1.29, 1.82) is 5.26 Å². The highest BCUT2D eigenvalue weighted by Gasteiger charge is 2.50. The minimum absolute atomic E-state index is 0.0418. The molecule has 0 saturated carbocycles. The highest BCUT2D eigenvalue weighted by atomic mass is 19.4. The van der Waals surface area contributed by atoms with Crippen LogP contribution in [0.4, 0.5) is 13.2 Å². The average molecular weight is 233 g/mol. The van der Waals surface area contributed by atoms with Crippen molar-refractivity contribution < 1.29 is 13.2 Å². The van der Waals surface area contributed by atoms with Gasteiger partial charge in [0.25, 0.3) is 0 Å². The molecule has 0 bridgehead atoms. The average Bonchev–Trinajstić information content (AvgIpc) is 2.75. The number of halogens is 3. The molecule has 2 atom stereocenters. The van der Waals surface area contributed by atoms with Gasteiger partial charge in [-0.05, 0) is 25.8 Å². The Morgan fingerprint density at radius 2 is 2.19 bits per heavy atom. The summed E-state index contributed by atoms with van der Waals surface area (Å²) in [5.74, 6) is 0. The monoisotopic (exact) mass is 233 g/mol. The van der Waals surface area contributed by atoms with E-state index in [0.29, 0.717) is 6.42 Å². The maximum absolute atomic E-state index is 12.2. The van der Waals surface area contributed by atoms with E-state index in [1.165, 1.54) is 0 Å². The summed E-state index contributed by atoms with van der Waals surface area (Å²) in [6.45, 7) is 0.551. The Labute approximate surface area is 92.2 Å². The lowest BCUT2D eigenvalue weighted by Gasteiger charge is -2.30. The Morgan fingerprint density at radius 3 is 2.81 bits per heavy atom. The van der Waals surface area contributed by atoms with Crippen LogP contribution in [-0.2, 0) is 0 Å². The van der Waals surface area contributed by atoms with Gasteiger partial charge in [-0.1, -0.05) is 0 Å². The first-order valence-electron chi connectivity index (χ1n) is 5.44. The van der Waals surface area contributed by atoms with Gasteiger partial charge in [-0.2, -0.15) is 18.4 Å². The summed E-state index contributed by atoms with van der Waals surface area (Å²) >= 11 is 0. The van der Waals surface area contributed by atoms with Gasteiger partial charge in [-0.3, -0.25) is 10.2 Å². The second-order valence-corrected chi connectivity index (χ2v) is 4.50. The summed E-state index contributed by atoms with van der Waals surface area (Å²) < 4.78 is 36.5. The standard InChI is InChI=1S/C10H14F3N3/c11-10(12,13)7-15-9(6-14)3-5-16-4-1-2-8(9)16/h8,15H,1-5,7H2. The lowest BCUT2D eigenvalue weighted by Crippen LogP contribution is -2.54. The van der Waals surface area contributed by atoms with E-state index < -0.39 is 18.3 Å². The van der Waals surface area contributed by atoms with E-state index in [1.807, 2.05) is 0 Å². The van der Waals surface area contributed by atoms with Crippen molar-refractivity contribution in [2.45, 2.75) is 37.0 Å². The van der Waals surface area contributed by atoms with Crippen molar-refractivity contribution >= 4 is 0 Å². The van der Waals surface area contributed by atoms with Crippen LogP contribution in [0.3, 0.4) is 0 Å². The molecule has 90 valence electrons. The molecule has 6 heteroatoms. The largest absolute Gasteiger partial charge is 0.401 e. The van der Waals surface area contributed by atoms with Gasteiger partial charge in [-0.15, -0.1) is 0 Å². The van der Waals surface area contributed by atoms with Crippen molar-refractivity contribution in [2.24, 2.45) is 0 Å². The van der Waals surface area contributed by atoms with Crippen LogP contribution in [0.5, 0.6) is 0 Å². The lowest BCUT2D eigenvalue weighted by molar-refractivity contribution is -0.128. The number of rotatable bonds is 2. The normalized spacial score (nSPS) is 35.0. The van der Waals surface area contributed by atoms with Crippen molar-refractivity contribution in [3.05, 3.63) is 0 Å². The van der Waals surface area contributed by atoms with Crippen LogP contribution < -0.4 is 5.32 Å². The lowest BCUT2D eigenvalue weighted by atomic mass is 9.90. The molecule has 2 aliphatic rings. The molecule has 3 nitrogen and oxygen atoms in total.